The minimum atomic E-state index is 0.0880. The molecule has 0 aliphatic heterocycles. The van der Waals surface area contributed by atoms with Crippen LogP contribution in [0.2, 0.25) is 0 Å². The van der Waals surface area contributed by atoms with Crippen LogP contribution in [0.1, 0.15) is 0 Å². The first-order chi connectivity index (χ1) is 16.6. The molecule has 0 aliphatic rings. The molecular weight excluding hydrogens is 440 g/mol. The lowest BCUT2D eigenvalue weighted by Crippen LogP contribution is -2.08. The van der Waals surface area contributed by atoms with Crippen LogP contribution in [0.15, 0.2) is 97.1 Å². The van der Waals surface area contributed by atoms with E-state index in [1.807, 2.05) is 93.8 Å². The fourth-order valence-electron chi connectivity index (χ4n) is 2.86. The molecule has 7 nitrogen and oxygen atoms in total. The molecule has 0 radical (unpaired) electrons. The summed E-state index contributed by atoms with van der Waals surface area (Å²) in [5.41, 5.74) is 10.5. The van der Waals surface area contributed by atoms with Gasteiger partial charge >= 0.3 is 0 Å². The lowest BCUT2D eigenvalue weighted by Gasteiger charge is -2.13. The quantitative estimate of drug-likeness (QED) is 0.244. The summed E-state index contributed by atoms with van der Waals surface area (Å²) in [6, 6.07) is 28.8. The van der Waals surface area contributed by atoms with Gasteiger partial charge in [0.25, 0.3) is 0 Å². The molecule has 6 N–H and O–H groups in total. The number of hydrogen-bond acceptors (Lipinski definition) is 7. The topological polar surface area (TPSA) is 105 Å². The van der Waals surface area contributed by atoms with E-state index in [-0.39, 0.29) is 17.2 Å². The number of rotatable bonds is 4. The highest BCUT2D eigenvalue weighted by molar-refractivity contribution is 5.63. The van der Waals surface area contributed by atoms with E-state index in [1.54, 1.807) is 18.2 Å². The van der Waals surface area contributed by atoms with Crippen molar-refractivity contribution in [3.8, 4) is 17.2 Å². The lowest BCUT2D eigenvalue weighted by atomic mass is 10.2. The Bertz CT molecular complexity index is 1140. The number of phenolic OH excluding ortho intramolecular Hbond substituents is 3. The van der Waals surface area contributed by atoms with Crippen LogP contribution in [-0.4, -0.2) is 43.5 Å². The number of anilines is 5. The number of nitrogens with two attached hydrogens (primary N) is 1. The van der Waals surface area contributed by atoms with Crippen molar-refractivity contribution < 1.29 is 15.3 Å². The van der Waals surface area contributed by atoms with Gasteiger partial charge < -0.3 is 36.2 Å². The molecule has 0 aromatic heterocycles. The Morgan fingerprint density at radius 1 is 0.543 bits per heavy atom. The van der Waals surface area contributed by atoms with Crippen LogP contribution in [0.25, 0.3) is 0 Å². The van der Waals surface area contributed by atoms with Crippen molar-refractivity contribution in [3.63, 3.8) is 0 Å². The van der Waals surface area contributed by atoms with Gasteiger partial charge in [0.15, 0.2) is 0 Å². The van der Waals surface area contributed by atoms with Crippen molar-refractivity contribution in [3.05, 3.63) is 97.1 Å². The third kappa shape index (κ3) is 9.88. The highest BCUT2D eigenvalue weighted by Gasteiger charge is 1.98. The number of nitrogen functional groups attached to an aromatic ring is 1. The summed E-state index contributed by atoms with van der Waals surface area (Å²) in [6.45, 7) is 0. The third-order valence-corrected chi connectivity index (χ3v) is 4.76. The van der Waals surface area contributed by atoms with E-state index in [4.69, 9.17) is 15.9 Å². The second kappa shape index (κ2) is 13.3. The first-order valence-corrected chi connectivity index (χ1v) is 11.0. The van der Waals surface area contributed by atoms with Crippen molar-refractivity contribution >= 4 is 28.4 Å². The van der Waals surface area contributed by atoms with Gasteiger partial charge in [0.05, 0.1) is 0 Å². The molecule has 0 heterocycles. The Morgan fingerprint density at radius 2 is 0.971 bits per heavy atom. The molecule has 184 valence electrons. The predicted octanol–water partition coefficient (Wildman–Crippen LogP) is 5.63. The average Bonchev–Trinajstić information content (AvgIpc) is 2.80. The van der Waals surface area contributed by atoms with Crippen LogP contribution in [0.3, 0.4) is 0 Å². The fourth-order valence-corrected chi connectivity index (χ4v) is 2.86. The molecule has 0 atom stereocenters. The summed E-state index contributed by atoms with van der Waals surface area (Å²) in [7, 11) is 8.03. The molecule has 0 saturated heterocycles. The van der Waals surface area contributed by atoms with E-state index < -0.39 is 0 Å². The van der Waals surface area contributed by atoms with E-state index in [0.29, 0.717) is 0 Å². The number of aromatic hydroxyl groups is 3. The fraction of sp³-hybridized carbons (Fsp3) is 0.143. The SMILES string of the molecule is CN(C)c1ccc(N)cc1.CN(C)c1ccc(Nc2cccc(O)c2)cc1.Oc1cccc(O)c1. The molecule has 0 spiro atoms. The number of phenols is 3. The Labute approximate surface area is 207 Å². The van der Waals surface area contributed by atoms with Gasteiger partial charge in [0, 0.05) is 68.8 Å². The van der Waals surface area contributed by atoms with Crippen LogP contribution in [0.5, 0.6) is 17.2 Å². The summed E-state index contributed by atoms with van der Waals surface area (Å²) in [5.74, 6) is 0.440. The highest BCUT2D eigenvalue weighted by Crippen LogP contribution is 2.22. The van der Waals surface area contributed by atoms with Gasteiger partial charge in [-0.05, 0) is 72.8 Å². The van der Waals surface area contributed by atoms with Crippen LogP contribution in [0.4, 0.5) is 28.4 Å². The molecule has 35 heavy (non-hydrogen) atoms. The van der Waals surface area contributed by atoms with Gasteiger partial charge in [-0.3, -0.25) is 0 Å². The van der Waals surface area contributed by atoms with Crippen LogP contribution < -0.4 is 20.9 Å². The largest absolute Gasteiger partial charge is 0.508 e. The van der Waals surface area contributed by atoms with Crippen molar-refractivity contribution in [2.24, 2.45) is 0 Å². The van der Waals surface area contributed by atoms with Gasteiger partial charge in [-0.25, -0.2) is 0 Å². The molecule has 7 heteroatoms. The average molecular weight is 475 g/mol. The van der Waals surface area contributed by atoms with Crippen molar-refractivity contribution in [2.75, 3.05) is 49.0 Å². The molecule has 4 rings (SSSR count). The second-order valence-electron chi connectivity index (χ2n) is 8.12. The van der Waals surface area contributed by atoms with E-state index in [1.165, 1.54) is 23.9 Å². The Morgan fingerprint density at radius 3 is 1.37 bits per heavy atom. The Kier molecular flexibility index (Phi) is 10.1. The zero-order valence-electron chi connectivity index (χ0n) is 20.6. The number of benzene rings is 4. The highest BCUT2D eigenvalue weighted by atomic mass is 16.3. The smallest absolute Gasteiger partial charge is 0.119 e. The lowest BCUT2D eigenvalue weighted by molar-refractivity contribution is 0.450. The van der Waals surface area contributed by atoms with Crippen molar-refractivity contribution in [1.82, 2.24) is 0 Å². The van der Waals surface area contributed by atoms with E-state index in [2.05, 4.69) is 10.2 Å². The Balaban J connectivity index is 0.000000204. The van der Waals surface area contributed by atoms with Gasteiger partial charge in [0.2, 0.25) is 0 Å². The van der Waals surface area contributed by atoms with Gasteiger partial charge in [-0.2, -0.15) is 0 Å². The summed E-state index contributed by atoms with van der Waals surface area (Å²) in [4.78, 5) is 4.09. The summed E-state index contributed by atoms with van der Waals surface area (Å²) >= 11 is 0. The summed E-state index contributed by atoms with van der Waals surface area (Å²) in [6.07, 6.45) is 0. The van der Waals surface area contributed by atoms with Crippen LogP contribution in [-0.2, 0) is 0 Å². The first kappa shape index (κ1) is 26.7. The Hall–Kier alpha value is -4.52. The van der Waals surface area contributed by atoms with Gasteiger partial charge in [0.1, 0.15) is 17.2 Å². The van der Waals surface area contributed by atoms with E-state index in [0.717, 1.165) is 22.7 Å². The summed E-state index contributed by atoms with van der Waals surface area (Å²) in [5, 5.41) is 29.9. The van der Waals surface area contributed by atoms with E-state index in [9.17, 15) is 5.11 Å². The molecular formula is C28H34N4O3. The second-order valence-corrected chi connectivity index (χ2v) is 8.12. The molecule has 4 aromatic carbocycles. The molecule has 0 unspecified atom stereocenters. The van der Waals surface area contributed by atoms with Gasteiger partial charge in [-0.15, -0.1) is 0 Å². The van der Waals surface area contributed by atoms with Crippen molar-refractivity contribution in [2.45, 2.75) is 0 Å². The number of nitrogens with one attached hydrogen (secondary N) is 1. The monoisotopic (exact) mass is 474 g/mol. The van der Waals surface area contributed by atoms with Crippen LogP contribution in [0, 0.1) is 0 Å². The molecule has 0 fully saturated rings. The summed E-state index contributed by atoms with van der Waals surface area (Å²) < 4.78 is 0. The maximum Gasteiger partial charge on any atom is 0.119 e. The van der Waals surface area contributed by atoms with E-state index >= 15 is 0 Å². The molecule has 4 aromatic rings. The zero-order valence-corrected chi connectivity index (χ0v) is 20.6. The first-order valence-electron chi connectivity index (χ1n) is 11.0. The van der Waals surface area contributed by atoms with Crippen LogP contribution >= 0.6 is 0 Å². The third-order valence-electron chi connectivity index (χ3n) is 4.76. The standard InChI is InChI=1S/C14H16N2O.C8H12N2.C6H6O2/c1-16(2)13-8-6-11(7-9-13)15-12-4-3-5-14(17)10-12;1-10(2)8-5-3-7(9)4-6-8;7-5-2-1-3-6(8)4-5/h3-10,15,17H,1-2H3;3-6H,9H2,1-2H3;1-4,7-8H. The normalized spacial score (nSPS) is 9.60. The maximum absolute atomic E-state index is 9.36. The minimum absolute atomic E-state index is 0.0880. The predicted molar refractivity (Wildman–Crippen MR) is 147 cm³/mol. The molecule has 0 saturated carbocycles. The molecule has 0 amide bonds. The molecule has 0 aliphatic carbocycles. The van der Waals surface area contributed by atoms with Crippen molar-refractivity contribution in [1.29, 1.82) is 0 Å². The minimum Gasteiger partial charge on any atom is -0.508 e. The zero-order chi connectivity index (χ0) is 25.8. The van der Waals surface area contributed by atoms with Gasteiger partial charge in [-0.1, -0.05) is 12.1 Å². The number of nitrogens with zero attached hydrogens (tertiary/aromatic N) is 2. The number of hydrogen-bond donors (Lipinski definition) is 5. The molecule has 0 bridgehead atoms. The maximum atomic E-state index is 9.36.